The summed E-state index contributed by atoms with van der Waals surface area (Å²) in [6.45, 7) is 0. The van der Waals surface area contributed by atoms with E-state index in [0.29, 0.717) is 0 Å². The highest BCUT2D eigenvalue weighted by molar-refractivity contribution is 7.80. The molecule has 0 aromatic heterocycles. The molecule has 0 N–H and O–H groups in total. The van der Waals surface area contributed by atoms with Gasteiger partial charge in [-0.1, -0.05) is 97.1 Å². The first kappa shape index (κ1) is 17.7. The van der Waals surface area contributed by atoms with Gasteiger partial charge in [0.25, 0.3) is 0 Å². The molecular formula is C24H21OPSi. The summed E-state index contributed by atoms with van der Waals surface area (Å²) in [4.78, 5) is 0. The van der Waals surface area contributed by atoms with Crippen molar-refractivity contribution in [1.29, 1.82) is 0 Å². The molecule has 0 amide bonds. The Labute approximate surface area is 164 Å². The summed E-state index contributed by atoms with van der Waals surface area (Å²) in [6.07, 6.45) is 0. The Morgan fingerprint density at radius 3 is 1.59 bits per heavy atom. The van der Waals surface area contributed by atoms with Gasteiger partial charge in [0.2, 0.25) is 0 Å². The predicted octanol–water partition coefficient (Wildman–Crippen LogP) is 3.23. The molecule has 1 nitrogen and oxygen atoms in total. The van der Waals surface area contributed by atoms with E-state index in [9.17, 15) is 0 Å². The van der Waals surface area contributed by atoms with Crippen LogP contribution in [-0.4, -0.2) is 10.2 Å². The van der Waals surface area contributed by atoms with Crippen molar-refractivity contribution in [2.45, 2.75) is 0 Å². The van der Waals surface area contributed by atoms with Crippen LogP contribution < -0.4 is 25.8 Å². The third-order valence-corrected chi connectivity index (χ3v) is 7.75. The molecule has 3 heteroatoms. The van der Waals surface area contributed by atoms with Crippen LogP contribution in [0, 0.1) is 0 Å². The second-order valence-electron chi connectivity index (χ2n) is 6.34. The van der Waals surface area contributed by atoms with Crippen LogP contribution in [0.2, 0.25) is 0 Å². The highest BCUT2D eigenvalue weighted by atomic mass is 31.1. The molecule has 4 aromatic carbocycles. The average Bonchev–Trinajstić information content (AvgIpc) is 2.73. The van der Waals surface area contributed by atoms with E-state index in [-0.39, 0.29) is 0 Å². The summed E-state index contributed by atoms with van der Waals surface area (Å²) < 4.78 is 6.42. The lowest BCUT2D eigenvalue weighted by Crippen LogP contribution is -2.22. The predicted molar refractivity (Wildman–Crippen MR) is 121 cm³/mol. The quantitative estimate of drug-likeness (QED) is 0.379. The summed E-state index contributed by atoms with van der Waals surface area (Å²) in [5, 5.41) is 5.17. The maximum Gasteiger partial charge on any atom is 0.135 e. The third kappa shape index (κ3) is 4.03. The summed E-state index contributed by atoms with van der Waals surface area (Å²) in [6, 6.07) is 38.2. The zero-order valence-corrected chi connectivity index (χ0v) is 18.1. The van der Waals surface area contributed by atoms with Crippen LogP contribution in [0.3, 0.4) is 0 Å². The van der Waals surface area contributed by atoms with Crippen molar-refractivity contribution in [2.75, 3.05) is 0 Å². The molecule has 0 atom stereocenters. The molecular weight excluding hydrogens is 363 g/mol. The van der Waals surface area contributed by atoms with Crippen LogP contribution in [0.1, 0.15) is 0 Å². The van der Waals surface area contributed by atoms with E-state index in [0.717, 1.165) is 21.7 Å². The van der Waals surface area contributed by atoms with E-state index in [2.05, 4.69) is 103 Å². The van der Waals surface area contributed by atoms with Gasteiger partial charge in [-0.05, 0) is 35.9 Å². The molecule has 0 spiro atoms. The highest BCUT2D eigenvalue weighted by Gasteiger charge is 2.20. The van der Waals surface area contributed by atoms with Gasteiger partial charge in [0.1, 0.15) is 11.5 Å². The molecule has 0 aliphatic heterocycles. The fourth-order valence-corrected chi connectivity index (χ4v) is 5.93. The Morgan fingerprint density at radius 2 is 1.00 bits per heavy atom. The molecule has 27 heavy (non-hydrogen) atoms. The van der Waals surface area contributed by atoms with E-state index in [1.807, 2.05) is 6.07 Å². The van der Waals surface area contributed by atoms with Crippen LogP contribution >= 0.6 is 7.92 Å². The monoisotopic (exact) mass is 384 g/mol. The van der Waals surface area contributed by atoms with Gasteiger partial charge in [0.15, 0.2) is 0 Å². The van der Waals surface area contributed by atoms with E-state index in [1.165, 1.54) is 21.1 Å². The van der Waals surface area contributed by atoms with Crippen LogP contribution in [0.25, 0.3) is 0 Å². The first-order valence-electron chi connectivity index (χ1n) is 9.06. The van der Waals surface area contributed by atoms with E-state index in [1.54, 1.807) is 0 Å². The van der Waals surface area contributed by atoms with Gasteiger partial charge < -0.3 is 4.74 Å². The van der Waals surface area contributed by atoms with Gasteiger partial charge in [0, 0.05) is 15.5 Å². The molecule has 0 fully saturated rings. The Kier molecular flexibility index (Phi) is 5.48. The van der Waals surface area contributed by atoms with Crippen LogP contribution in [0.4, 0.5) is 0 Å². The second-order valence-corrected chi connectivity index (χ2v) is 9.60. The molecule has 132 valence electrons. The number of rotatable bonds is 5. The van der Waals surface area contributed by atoms with Crippen molar-refractivity contribution in [3.8, 4) is 11.5 Å². The SMILES string of the molecule is [SiH3]c1ccccc1Oc1ccccc1P(c1ccccc1)c1ccccc1. The van der Waals surface area contributed by atoms with Crippen molar-refractivity contribution < 1.29 is 4.74 Å². The molecule has 0 unspecified atom stereocenters. The number of hydrogen-bond acceptors (Lipinski definition) is 1. The standard InChI is InChI=1S/C24H21OPSi/c27-24-18-10-8-16-22(24)25-21-15-7-9-17-23(21)26(19-11-3-1-4-12-19)20-13-5-2-6-14-20/h1-18H,27H3. The molecule has 0 saturated heterocycles. The Morgan fingerprint density at radius 1 is 0.519 bits per heavy atom. The van der Waals surface area contributed by atoms with E-state index < -0.39 is 7.92 Å². The first-order chi connectivity index (χ1) is 13.3. The number of ether oxygens (including phenoxy) is 1. The van der Waals surface area contributed by atoms with Crippen molar-refractivity contribution >= 4 is 39.3 Å². The molecule has 0 aliphatic carbocycles. The smallest absolute Gasteiger partial charge is 0.135 e. The van der Waals surface area contributed by atoms with Crippen LogP contribution in [-0.2, 0) is 0 Å². The third-order valence-electron chi connectivity index (χ3n) is 4.45. The zero-order valence-electron chi connectivity index (χ0n) is 15.2. The maximum atomic E-state index is 6.42. The van der Waals surface area contributed by atoms with Crippen molar-refractivity contribution in [3.63, 3.8) is 0 Å². The summed E-state index contributed by atoms with van der Waals surface area (Å²) in [5.41, 5.74) is 0. The van der Waals surface area contributed by atoms with Crippen molar-refractivity contribution in [3.05, 3.63) is 109 Å². The average molecular weight is 384 g/mol. The van der Waals surface area contributed by atoms with Gasteiger partial charge in [0.05, 0.1) is 0 Å². The summed E-state index contributed by atoms with van der Waals surface area (Å²) in [7, 11) is 0.276. The lowest BCUT2D eigenvalue weighted by atomic mass is 10.3. The number of hydrogen-bond donors (Lipinski definition) is 0. The lowest BCUT2D eigenvalue weighted by Gasteiger charge is -2.22. The molecule has 4 aromatic rings. The normalized spacial score (nSPS) is 10.9. The highest BCUT2D eigenvalue weighted by Crippen LogP contribution is 2.37. The van der Waals surface area contributed by atoms with Gasteiger partial charge >= 0.3 is 0 Å². The second kappa shape index (κ2) is 8.35. The molecule has 0 saturated carbocycles. The lowest BCUT2D eigenvalue weighted by molar-refractivity contribution is 0.490. The number of benzene rings is 4. The molecule has 0 aliphatic rings. The van der Waals surface area contributed by atoms with Crippen LogP contribution in [0.15, 0.2) is 109 Å². The topological polar surface area (TPSA) is 9.23 Å². The summed E-state index contributed by atoms with van der Waals surface area (Å²) >= 11 is 0. The van der Waals surface area contributed by atoms with E-state index >= 15 is 0 Å². The van der Waals surface area contributed by atoms with Crippen molar-refractivity contribution in [2.24, 2.45) is 0 Å². The van der Waals surface area contributed by atoms with Gasteiger partial charge in [-0.3, -0.25) is 0 Å². The largest absolute Gasteiger partial charge is 0.457 e. The molecule has 0 heterocycles. The van der Waals surface area contributed by atoms with Gasteiger partial charge in [-0.25, -0.2) is 0 Å². The maximum absolute atomic E-state index is 6.42. The van der Waals surface area contributed by atoms with E-state index in [4.69, 9.17) is 4.74 Å². The van der Waals surface area contributed by atoms with Gasteiger partial charge in [-0.2, -0.15) is 0 Å². The minimum absolute atomic E-state index is 0.686. The van der Waals surface area contributed by atoms with Gasteiger partial charge in [-0.15, -0.1) is 0 Å². The van der Waals surface area contributed by atoms with Crippen LogP contribution in [0.5, 0.6) is 11.5 Å². The molecule has 0 bridgehead atoms. The van der Waals surface area contributed by atoms with Crippen molar-refractivity contribution in [1.82, 2.24) is 0 Å². The Balaban J connectivity index is 1.83. The Bertz CT molecular complexity index is 979. The Hall–Kier alpha value is -2.67. The molecule has 0 radical (unpaired) electrons. The minimum atomic E-state index is -0.686. The minimum Gasteiger partial charge on any atom is -0.457 e. The molecule has 4 rings (SSSR count). The first-order valence-corrected chi connectivity index (χ1v) is 11.4. The summed E-state index contributed by atoms with van der Waals surface area (Å²) in [5.74, 6) is 1.91. The zero-order chi connectivity index (χ0) is 18.5. The fourth-order valence-electron chi connectivity index (χ4n) is 3.10. The fraction of sp³-hybridized carbons (Fsp3) is 0. The number of para-hydroxylation sites is 2.